The maximum atomic E-state index is 11.9. The Hall–Kier alpha value is -2.09. The number of piperazine rings is 1. The lowest BCUT2D eigenvalue weighted by Gasteiger charge is -2.47. The summed E-state index contributed by atoms with van der Waals surface area (Å²) in [6.07, 6.45) is 2.56. The van der Waals surface area contributed by atoms with Gasteiger partial charge in [0.25, 0.3) is 0 Å². The molecule has 0 bridgehead atoms. The number of hydrogen-bond donors (Lipinski definition) is 0. The van der Waals surface area contributed by atoms with Crippen LogP contribution in [0.2, 0.25) is 0 Å². The van der Waals surface area contributed by atoms with Gasteiger partial charge in [0.1, 0.15) is 5.75 Å². The number of carbonyl (C=O) groups is 1. The SMILES string of the molecule is COC(=O)CC[C@H]1CN(Cc2ccc(C)s2)CC[C@H]1N1CCN(c2ccccc2OC)CC1. The quantitative estimate of drug-likeness (QED) is 0.542. The third-order valence-electron chi connectivity index (χ3n) is 7.11. The zero-order valence-electron chi connectivity index (χ0n) is 20.2. The summed E-state index contributed by atoms with van der Waals surface area (Å²) in [6, 6.07) is 13.3. The van der Waals surface area contributed by atoms with Crippen molar-refractivity contribution < 1.29 is 14.3 Å². The molecular weight excluding hydrogens is 434 g/mol. The van der Waals surface area contributed by atoms with E-state index in [4.69, 9.17) is 9.47 Å². The Kier molecular flexibility index (Phi) is 8.28. The van der Waals surface area contributed by atoms with E-state index in [0.717, 1.165) is 64.4 Å². The monoisotopic (exact) mass is 471 g/mol. The Balaban J connectivity index is 1.39. The first-order valence-electron chi connectivity index (χ1n) is 12.0. The highest BCUT2D eigenvalue weighted by molar-refractivity contribution is 7.11. The smallest absolute Gasteiger partial charge is 0.305 e. The van der Waals surface area contributed by atoms with Gasteiger partial charge >= 0.3 is 5.97 Å². The molecule has 0 aliphatic carbocycles. The number of esters is 1. The van der Waals surface area contributed by atoms with Crippen LogP contribution in [-0.2, 0) is 16.1 Å². The predicted octanol–water partition coefficient (Wildman–Crippen LogP) is 4.03. The first-order chi connectivity index (χ1) is 16.1. The Morgan fingerprint density at radius 1 is 1.06 bits per heavy atom. The molecule has 0 radical (unpaired) electrons. The Bertz CT molecular complexity index is 910. The molecular formula is C26H37N3O3S. The van der Waals surface area contributed by atoms with Gasteiger partial charge in [0.2, 0.25) is 0 Å². The van der Waals surface area contributed by atoms with E-state index in [1.807, 2.05) is 23.5 Å². The normalized spacial score (nSPS) is 22.3. The molecule has 1 aromatic carbocycles. The fourth-order valence-electron chi connectivity index (χ4n) is 5.38. The van der Waals surface area contributed by atoms with Gasteiger partial charge in [0.15, 0.2) is 0 Å². The third-order valence-corrected chi connectivity index (χ3v) is 8.09. The van der Waals surface area contributed by atoms with Crippen LogP contribution in [0.3, 0.4) is 0 Å². The lowest BCUT2D eigenvalue weighted by molar-refractivity contribution is -0.141. The van der Waals surface area contributed by atoms with E-state index in [9.17, 15) is 4.79 Å². The zero-order chi connectivity index (χ0) is 23.2. The lowest BCUT2D eigenvalue weighted by Crippen LogP contribution is -2.56. The summed E-state index contributed by atoms with van der Waals surface area (Å²) >= 11 is 1.89. The van der Waals surface area contributed by atoms with Crippen LogP contribution in [0.4, 0.5) is 5.69 Å². The van der Waals surface area contributed by atoms with Gasteiger partial charge in [0, 0.05) is 68.0 Å². The second-order valence-electron chi connectivity index (χ2n) is 9.17. The fraction of sp³-hybridized carbons (Fsp3) is 0.577. The number of likely N-dealkylation sites (tertiary alicyclic amines) is 1. The molecule has 0 unspecified atom stereocenters. The number of rotatable bonds is 8. The van der Waals surface area contributed by atoms with Crippen molar-refractivity contribution >= 4 is 23.0 Å². The number of carbonyl (C=O) groups excluding carboxylic acids is 1. The summed E-state index contributed by atoms with van der Waals surface area (Å²) < 4.78 is 10.5. The van der Waals surface area contributed by atoms with Crippen molar-refractivity contribution in [3.05, 3.63) is 46.2 Å². The van der Waals surface area contributed by atoms with Crippen LogP contribution < -0.4 is 9.64 Å². The van der Waals surface area contributed by atoms with Gasteiger partial charge in [-0.15, -0.1) is 11.3 Å². The van der Waals surface area contributed by atoms with Gasteiger partial charge in [-0.05, 0) is 49.9 Å². The summed E-state index contributed by atoms with van der Waals surface area (Å²) in [7, 11) is 3.23. The van der Waals surface area contributed by atoms with Crippen molar-refractivity contribution in [2.24, 2.45) is 5.92 Å². The molecule has 2 fully saturated rings. The van der Waals surface area contributed by atoms with E-state index in [2.05, 4.69) is 45.9 Å². The number of nitrogens with zero attached hydrogens (tertiary/aromatic N) is 3. The van der Waals surface area contributed by atoms with Gasteiger partial charge in [0.05, 0.1) is 19.9 Å². The number of benzene rings is 1. The van der Waals surface area contributed by atoms with Crippen molar-refractivity contribution in [1.29, 1.82) is 0 Å². The van der Waals surface area contributed by atoms with Crippen molar-refractivity contribution in [2.75, 3.05) is 58.4 Å². The number of ether oxygens (including phenoxy) is 2. The molecule has 0 saturated carbocycles. The second kappa shape index (κ2) is 11.4. The van der Waals surface area contributed by atoms with Gasteiger partial charge in [-0.3, -0.25) is 14.6 Å². The van der Waals surface area contributed by atoms with Crippen molar-refractivity contribution in [2.45, 2.75) is 38.8 Å². The molecule has 0 N–H and O–H groups in total. The molecule has 2 aliphatic rings. The highest BCUT2D eigenvalue weighted by Crippen LogP contribution is 2.32. The van der Waals surface area contributed by atoms with Gasteiger partial charge < -0.3 is 14.4 Å². The van der Waals surface area contributed by atoms with E-state index in [0.29, 0.717) is 18.4 Å². The van der Waals surface area contributed by atoms with Crippen molar-refractivity contribution in [3.8, 4) is 5.75 Å². The molecule has 0 amide bonds. The number of aryl methyl sites for hydroxylation is 1. The number of hydrogen-bond acceptors (Lipinski definition) is 7. The van der Waals surface area contributed by atoms with Gasteiger partial charge in [-0.25, -0.2) is 0 Å². The Morgan fingerprint density at radius 3 is 2.55 bits per heavy atom. The molecule has 33 heavy (non-hydrogen) atoms. The van der Waals surface area contributed by atoms with Gasteiger partial charge in [-0.1, -0.05) is 12.1 Å². The molecule has 2 aliphatic heterocycles. The number of para-hydroxylation sites is 2. The molecule has 2 saturated heterocycles. The minimum atomic E-state index is -0.0965. The van der Waals surface area contributed by atoms with Crippen LogP contribution in [0.15, 0.2) is 36.4 Å². The van der Waals surface area contributed by atoms with E-state index in [1.54, 1.807) is 7.11 Å². The average molecular weight is 472 g/mol. The summed E-state index contributed by atoms with van der Waals surface area (Å²) in [5, 5.41) is 0. The minimum absolute atomic E-state index is 0.0965. The average Bonchev–Trinajstić information content (AvgIpc) is 3.27. The molecule has 7 heteroatoms. The van der Waals surface area contributed by atoms with E-state index < -0.39 is 0 Å². The molecule has 180 valence electrons. The summed E-state index contributed by atoms with van der Waals surface area (Å²) in [5.41, 5.74) is 1.18. The van der Waals surface area contributed by atoms with Crippen molar-refractivity contribution in [3.63, 3.8) is 0 Å². The van der Waals surface area contributed by atoms with Crippen LogP contribution in [0.5, 0.6) is 5.75 Å². The number of piperidine rings is 1. The molecule has 2 aromatic rings. The molecule has 2 atom stereocenters. The van der Waals surface area contributed by atoms with E-state index >= 15 is 0 Å². The highest BCUT2D eigenvalue weighted by atomic mass is 32.1. The van der Waals surface area contributed by atoms with Crippen LogP contribution in [0.25, 0.3) is 0 Å². The standard InChI is InChI=1S/C26H37N3O3S/c1-20-8-10-22(33-20)19-27-13-12-23(21(18-27)9-11-26(30)32-3)28-14-16-29(17-15-28)24-6-4-5-7-25(24)31-2/h4-8,10,21,23H,9,11-19H2,1-3H3/t21-,23+/m0/s1. The Morgan fingerprint density at radius 2 is 1.85 bits per heavy atom. The maximum Gasteiger partial charge on any atom is 0.305 e. The topological polar surface area (TPSA) is 45.2 Å². The molecule has 3 heterocycles. The largest absolute Gasteiger partial charge is 0.495 e. The van der Waals surface area contributed by atoms with Crippen LogP contribution in [0, 0.1) is 12.8 Å². The lowest BCUT2D eigenvalue weighted by atomic mass is 9.86. The molecule has 0 spiro atoms. The summed E-state index contributed by atoms with van der Waals surface area (Å²) in [5.74, 6) is 1.33. The molecule has 6 nitrogen and oxygen atoms in total. The van der Waals surface area contributed by atoms with Crippen LogP contribution >= 0.6 is 11.3 Å². The second-order valence-corrected chi connectivity index (χ2v) is 10.5. The molecule has 4 rings (SSSR count). The third kappa shape index (κ3) is 6.08. The van der Waals surface area contributed by atoms with E-state index in [-0.39, 0.29) is 5.97 Å². The fourth-order valence-corrected chi connectivity index (χ4v) is 6.32. The predicted molar refractivity (Wildman–Crippen MR) is 134 cm³/mol. The van der Waals surface area contributed by atoms with Gasteiger partial charge in [-0.2, -0.15) is 0 Å². The number of methoxy groups -OCH3 is 2. The Labute approximate surface area is 202 Å². The minimum Gasteiger partial charge on any atom is -0.495 e. The van der Waals surface area contributed by atoms with Crippen LogP contribution in [-0.4, -0.2) is 75.3 Å². The summed E-state index contributed by atoms with van der Waals surface area (Å²) in [6.45, 7) is 9.43. The molecule has 1 aromatic heterocycles. The van der Waals surface area contributed by atoms with Crippen LogP contribution in [0.1, 0.15) is 29.0 Å². The van der Waals surface area contributed by atoms with E-state index in [1.165, 1.54) is 22.6 Å². The first kappa shape index (κ1) is 24.0. The summed E-state index contributed by atoms with van der Waals surface area (Å²) in [4.78, 5) is 22.4. The first-order valence-corrected chi connectivity index (χ1v) is 12.9. The maximum absolute atomic E-state index is 11.9. The zero-order valence-corrected chi connectivity index (χ0v) is 21.0. The number of anilines is 1. The number of thiophene rings is 1. The van der Waals surface area contributed by atoms with Crippen molar-refractivity contribution in [1.82, 2.24) is 9.80 Å². The highest BCUT2D eigenvalue weighted by Gasteiger charge is 2.35.